The number of hydrogen-bond acceptors (Lipinski definition) is 7. The average molecular weight is 609 g/mol. The Bertz CT molecular complexity index is 1640. The largest absolute Gasteiger partial charge is 0.441 e. The van der Waals surface area contributed by atoms with Gasteiger partial charge >= 0.3 is 5.97 Å². The summed E-state index contributed by atoms with van der Waals surface area (Å²) in [6.07, 6.45) is 2.39. The lowest BCUT2D eigenvalue weighted by Gasteiger charge is -2.45. The smallest absolute Gasteiger partial charge is 0.340 e. The highest BCUT2D eigenvalue weighted by Crippen LogP contribution is 2.49. The van der Waals surface area contributed by atoms with Gasteiger partial charge in [0.15, 0.2) is 5.60 Å². The molecule has 2 saturated heterocycles. The van der Waals surface area contributed by atoms with Crippen molar-refractivity contribution < 1.29 is 19.1 Å². The minimum Gasteiger partial charge on any atom is -0.441 e. The summed E-state index contributed by atoms with van der Waals surface area (Å²) in [6, 6.07) is 18.6. The highest BCUT2D eigenvalue weighted by molar-refractivity contribution is 7.01. The van der Waals surface area contributed by atoms with Gasteiger partial charge in [0.25, 0.3) is 5.91 Å². The van der Waals surface area contributed by atoms with Crippen LogP contribution in [0.15, 0.2) is 59.7 Å². The number of nitrogens with one attached hydrogen (secondary N) is 1. The van der Waals surface area contributed by atoms with Crippen molar-refractivity contribution in [3.63, 3.8) is 0 Å². The summed E-state index contributed by atoms with van der Waals surface area (Å²) in [7, 11) is -2.23. The van der Waals surface area contributed by atoms with E-state index in [4.69, 9.17) is 15.0 Å². The number of rotatable bonds is 9. The van der Waals surface area contributed by atoms with Crippen LogP contribution in [-0.4, -0.2) is 72.4 Å². The van der Waals surface area contributed by atoms with E-state index in [0.29, 0.717) is 29.8 Å². The van der Waals surface area contributed by atoms with E-state index in [0.717, 1.165) is 37.3 Å². The molecule has 0 saturated carbocycles. The molecule has 11 heteroatoms. The number of nitrogens with zero attached hydrogens (tertiary/aromatic N) is 5. The van der Waals surface area contributed by atoms with E-state index < -0.39 is 13.7 Å². The lowest BCUT2D eigenvalue weighted by Crippen LogP contribution is -2.63. The minimum absolute atomic E-state index is 0.243. The van der Waals surface area contributed by atoms with Gasteiger partial charge in [-0.1, -0.05) is 30.3 Å². The summed E-state index contributed by atoms with van der Waals surface area (Å²) in [5, 5.41) is 8.88. The van der Waals surface area contributed by atoms with Crippen molar-refractivity contribution in [2.45, 2.75) is 31.5 Å². The molecule has 3 aromatic carbocycles. The highest BCUT2D eigenvalue weighted by Gasteiger charge is 2.56. The molecule has 226 valence electrons. The Morgan fingerprint density at radius 2 is 1.59 bits per heavy atom. The fourth-order valence-corrected chi connectivity index (χ4v) is 10.1. The predicted molar refractivity (Wildman–Crippen MR) is 172 cm³/mol. The van der Waals surface area contributed by atoms with Crippen LogP contribution in [0.2, 0.25) is 13.1 Å². The van der Waals surface area contributed by atoms with Crippen molar-refractivity contribution in [1.82, 2.24) is 5.32 Å². The zero-order valence-corrected chi connectivity index (χ0v) is 26.1. The van der Waals surface area contributed by atoms with Gasteiger partial charge in [-0.25, -0.2) is 4.79 Å². The molecule has 7 rings (SSSR count). The van der Waals surface area contributed by atoms with Crippen LogP contribution in [0.4, 0.5) is 11.4 Å². The lowest BCUT2D eigenvalue weighted by molar-refractivity contribution is 0.0255. The van der Waals surface area contributed by atoms with Gasteiger partial charge in [-0.3, -0.25) is 4.79 Å². The third-order valence-electron chi connectivity index (χ3n) is 9.61. The van der Waals surface area contributed by atoms with Crippen LogP contribution in [0.1, 0.15) is 50.2 Å². The van der Waals surface area contributed by atoms with Gasteiger partial charge in [-0.2, -0.15) is 0 Å². The standard InChI is InChI=1S/C33H36N6O4Si/c1-44(2)29-20-23(38-13-3-14-38)6-9-26(29)33(27-10-7-24(21-30(27)44)39-15-4-16-39)28-19-22(5-8-25(28)32(41)43-33)31(40)35-11-17-42-18-12-36-37-34/h5-10,19-21H,3-4,11-18H2,1-2H3,(H,35,40). The summed E-state index contributed by atoms with van der Waals surface area (Å²) in [5.74, 6) is -0.634. The molecular weight excluding hydrogens is 572 g/mol. The molecule has 4 aliphatic rings. The van der Waals surface area contributed by atoms with E-state index in [9.17, 15) is 9.59 Å². The van der Waals surface area contributed by atoms with Crippen molar-refractivity contribution in [3.05, 3.63) is 92.9 Å². The molecule has 10 nitrogen and oxygen atoms in total. The van der Waals surface area contributed by atoms with Gasteiger partial charge in [-0.05, 0) is 71.2 Å². The third-order valence-corrected chi connectivity index (χ3v) is 13.1. The van der Waals surface area contributed by atoms with Gasteiger partial charge < -0.3 is 24.6 Å². The summed E-state index contributed by atoms with van der Waals surface area (Å²) in [4.78, 5) is 34.4. The Kier molecular flexibility index (Phi) is 7.11. The van der Waals surface area contributed by atoms with Crippen molar-refractivity contribution in [2.24, 2.45) is 5.11 Å². The molecule has 3 aromatic rings. The van der Waals surface area contributed by atoms with Crippen LogP contribution >= 0.6 is 0 Å². The van der Waals surface area contributed by atoms with E-state index in [1.807, 2.05) is 6.07 Å². The van der Waals surface area contributed by atoms with Crippen molar-refractivity contribution in [3.8, 4) is 0 Å². The number of amides is 1. The number of hydrogen-bond donors (Lipinski definition) is 1. The molecule has 1 spiro atoms. The first-order valence-corrected chi connectivity index (χ1v) is 18.4. The second kappa shape index (κ2) is 11.0. The topological polar surface area (TPSA) is 120 Å². The van der Waals surface area contributed by atoms with E-state index >= 15 is 0 Å². The summed E-state index contributed by atoms with van der Waals surface area (Å²) < 4.78 is 12.0. The lowest BCUT2D eigenvalue weighted by atomic mass is 9.78. The van der Waals surface area contributed by atoms with Crippen molar-refractivity contribution in [2.75, 3.05) is 62.3 Å². The number of ether oxygens (including phenoxy) is 2. The van der Waals surface area contributed by atoms with E-state index in [1.54, 1.807) is 12.1 Å². The number of benzene rings is 3. The Morgan fingerprint density at radius 1 is 0.955 bits per heavy atom. The van der Waals surface area contributed by atoms with Crippen LogP contribution in [0.25, 0.3) is 10.4 Å². The number of esters is 1. The molecule has 1 amide bonds. The van der Waals surface area contributed by atoms with Crippen molar-refractivity contribution >= 4 is 41.7 Å². The normalized spacial score (nSPS) is 18.3. The van der Waals surface area contributed by atoms with Gasteiger partial charge in [0, 0.05) is 77.8 Å². The fourth-order valence-electron chi connectivity index (χ4n) is 6.94. The van der Waals surface area contributed by atoms with Gasteiger partial charge in [0.1, 0.15) is 8.07 Å². The Morgan fingerprint density at radius 3 is 2.16 bits per heavy atom. The molecule has 0 bridgehead atoms. The molecule has 44 heavy (non-hydrogen) atoms. The van der Waals surface area contributed by atoms with E-state index in [-0.39, 0.29) is 25.0 Å². The zero-order valence-electron chi connectivity index (χ0n) is 25.1. The second-order valence-electron chi connectivity index (χ2n) is 12.4. The maximum absolute atomic E-state index is 13.6. The first-order chi connectivity index (χ1) is 21.3. The molecule has 0 atom stereocenters. The SMILES string of the molecule is C[Si]1(C)c2cc(N3CCC3)ccc2C2(OC(=O)c3ccc(C(=O)NCCOCCN=[N+]=[N-])cc32)c2ccc(N3CCC3)cc21. The van der Waals surface area contributed by atoms with Crippen LogP contribution in [0, 0.1) is 0 Å². The van der Waals surface area contributed by atoms with Gasteiger partial charge in [0.05, 0.1) is 18.8 Å². The van der Waals surface area contributed by atoms with Crippen LogP contribution in [0.5, 0.6) is 0 Å². The predicted octanol–water partition coefficient (Wildman–Crippen LogP) is 3.76. The maximum atomic E-state index is 13.6. The highest BCUT2D eigenvalue weighted by atomic mass is 28.3. The number of anilines is 2. The first-order valence-electron chi connectivity index (χ1n) is 15.4. The number of carbonyl (C=O) groups is 2. The first kappa shape index (κ1) is 28.5. The van der Waals surface area contributed by atoms with E-state index in [2.05, 4.69) is 74.6 Å². The van der Waals surface area contributed by atoms with Gasteiger partial charge in [0.2, 0.25) is 0 Å². The van der Waals surface area contributed by atoms with Crippen LogP contribution < -0.4 is 25.5 Å². The minimum atomic E-state index is -2.23. The average Bonchev–Trinajstić information content (AvgIpc) is 3.26. The van der Waals surface area contributed by atoms with Crippen LogP contribution in [0.3, 0.4) is 0 Å². The third kappa shape index (κ3) is 4.46. The molecule has 0 unspecified atom stereocenters. The molecule has 0 aromatic heterocycles. The summed E-state index contributed by atoms with van der Waals surface area (Å²) in [6.45, 7) is 10.1. The quantitative estimate of drug-likeness (QED) is 0.0987. The molecule has 4 aliphatic heterocycles. The summed E-state index contributed by atoms with van der Waals surface area (Å²) in [5.41, 5.74) is 13.3. The van der Waals surface area contributed by atoms with Gasteiger partial charge in [-0.15, -0.1) is 0 Å². The Hall–Kier alpha value is -4.31. The fraction of sp³-hybridized carbons (Fsp3) is 0.394. The Labute approximate surface area is 257 Å². The monoisotopic (exact) mass is 608 g/mol. The molecular formula is C33H36N6O4Si. The van der Waals surface area contributed by atoms with Crippen molar-refractivity contribution in [1.29, 1.82) is 0 Å². The number of fused-ring (bicyclic) bond motifs is 6. The molecule has 2 fully saturated rings. The number of carbonyl (C=O) groups excluding carboxylic acids is 2. The van der Waals surface area contributed by atoms with Crippen LogP contribution in [-0.2, 0) is 15.1 Å². The molecule has 4 heterocycles. The number of azide groups is 1. The Balaban J connectivity index is 1.31. The zero-order chi connectivity index (χ0) is 30.5. The molecule has 0 radical (unpaired) electrons. The maximum Gasteiger partial charge on any atom is 0.340 e. The summed E-state index contributed by atoms with van der Waals surface area (Å²) >= 11 is 0. The molecule has 1 N–H and O–H groups in total. The van der Waals surface area contributed by atoms with E-state index in [1.165, 1.54) is 34.6 Å². The molecule has 0 aliphatic carbocycles. The second-order valence-corrected chi connectivity index (χ2v) is 16.7.